The van der Waals surface area contributed by atoms with Crippen LogP contribution < -0.4 is 0 Å². The van der Waals surface area contributed by atoms with Crippen LogP contribution in [0.4, 0.5) is 0 Å². The molecule has 0 heterocycles. The molecule has 0 saturated carbocycles. The topological polar surface area (TPSA) is 27.7 Å². The van der Waals surface area contributed by atoms with E-state index in [2.05, 4.69) is 13.8 Å². The molecule has 0 aromatic heterocycles. The molecule has 0 bridgehead atoms. The summed E-state index contributed by atoms with van der Waals surface area (Å²) in [4.78, 5) is 0. The highest BCUT2D eigenvalue weighted by molar-refractivity contribution is 4.53. The van der Waals surface area contributed by atoms with E-state index in [0.717, 1.165) is 6.42 Å². The zero-order chi connectivity index (χ0) is 11.0. The van der Waals surface area contributed by atoms with E-state index in [1.54, 1.807) is 7.11 Å². The molecule has 0 fully saturated rings. The Morgan fingerprint density at radius 3 is 1.86 bits per heavy atom. The van der Waals surface area contributed by atoms with Crippen molar-refractivity contribution in [2.45, 2.75) is 52.4 Å². The molecule has 0 spiro atoms. The molecule has 3 heteroatoms. The predicted octanol–water partition coefficient (Wildman–Crippen LogP) is 2.24. The lowest BCUT2D eigenvalue weighted by Gasteiger charge is -2.18. The van der Waals surface area contributed by atoms with Crippen LogP contribution in [0.1, 0.15) is 34.1 Å². The lowest BCUT2D eigenvalue weighted by Crippen LogP contribution is -2.24. The summed E-state index contributed by atoms with van der Waals surface area (Å²) in [6.45, 7) is 9.48. The predicted molar refractivity (Wildman–Crippen MR) is 57.6 cm³/mol. The normalized spacial score (nSPS) is 17.8. The Kier molecular flexibility index (Phi) is 8.14. The van der Waals surface area contributed by atoms with Crippen molar-refractivity contribution in [3.8, 4) is 0 Å². The summed E-state index contributed by atoms with van der Waals surface area (Å²) < 4.78 is 16.2. The van der Waals surface area contributed by atoms with Crippen molar-refractivity contribution in [1.82, 2.24) is 0 Å². The minimum atomic E-state index is 0.140. The number of hydrogen-bond acceptors (Lipinski definition) is 3. The van der Waals surface area contributed by atoms with Crippen LogP contribution in [0.15, 0.2) is 0 Å². The highest BCUT2D eigenvalue weighted by atomic mass is 16.6. The van der Waals surface area contributed by atoms with Gasteiger partial charge in [0.25, 0.3) is 0 Å². The Hall–Kier alpha value is -0.120. The maximum Gasteiger partial charge on any atom is 0.0781 e. The van der Waals surface area contributed by atoms with Crippen molar-refractivity contribution < 1.29 is 14.2 Å². The van der Waals surface area contributed by atoms with Gasteiger partial charge in [0.2, 0.25) is 0 Å². The van der Waals surface area contributed by atoms with Gasteiger partial charge in [-0.15, -0.1) is 0 Å². The van der Waals surface area contributed by atoms with Crippen LogP contribution in [0.3, 0.4) is 0 Å². The van der Waals surface area contributed by atoms with Crippen LogP contribution in [0.2, 0.25) is 0 Å². The van der Waals surface area contributed by atoms with Gasteiger partial charge in [-0.05, 0) is 27.2 Å². The Balaban J connectivity index is 3.40. The second-order valence-corrected chi connectivity index (χ2v) is 3.74. The SMILES string of the molecule is CCC(C)OCC(C)OCC(C)OC. The molecule has 0 rings (SSSR count). The Labute approximate surface area is 87.7 Å². The highest BCUT2D eigenvalue weighted by Gasteiger charge is 2.07. The second-order valence-electron chi connectivity index (χ2n) is 3.74. The summed E-state index contributed by atoms with van der Waals surface area (Å²) in [5, 5.41) is 0. The minimum absolute atomic E-state index is 0.140. The smallest absolute Gasteiger partial charge is 0.0781 e. The summed E-state index contributed by atoms with van der Waals surface area (Å²) in [6, 6.07) is 0. The molecule has 14 heavy (non-hydrogen) atoms. The van der Waals surface area contributed by atoms with Crippen LogP contribution in [-0.4, -0.2) is 38.6 Å². The molecule has 0 aliphatic heterocycles. The summed E-state index contributed by atoms with van der Waals surface area (Å²) in [5.74, 6) is 0. The van der Waals surface area contributed by atoms with Crippen molar-refractivity contribution >= 4 is 0 Å². The third-order valence-corrected chi connectivity index (χ3v) is 2.21. The van der Waals surface area contributed by atoms with Gasteiger partial charge in [-0.1, -0.05) is 6.92 Å². The third-order valence-electron chi connectivity index (χ3n) is 2.21. The molecule has 3 unspecified atom stereocenters. The summed E-state index contributed by atoms with van der Waals surface area (Å²) in [7, 11) is 1.69. The quantitative estimate of drug-likeness (QED) is 0.607. The minimum Gasteiger partial charge on any atom is -0.379 e. The van der Waals surface area contributed by atoms with E-state index in [1.807, 2.05) is 13.8 Å². The standard InChI is InChI=1S/C11H24O3/c1-6-9(2)13-8-11(4)14-7-10(3)12-5/h9-11H,6-8H2,1-5H3. The zero-order valence-electron chi connectivity index (χ0n) is 10.1. The molecule has 0 aromatic carbocycles. The first-order chi connectivity index (χ1) is 6.60. The van der Waals surface area contributed by atoms with E-state index in [1.165, 1.54) is 0 Å². The molecule has 0 amide bonds. The maximum atomic E-state index is 5.55. The van der Waals surface area contributed by atoms with Gasteiger partial charge in [0, 0.05) is 7.11 Å². The number of methoxy groups -OCH3 is 1. The summed E-state index contributed by atoms with van der Waals surface area (Å²) >= 11 is 0. The van der Waals surface area contributed by atoms with Crippen molar-refractivity contribution in [2.24, 2.45) is 0 Å². The van der Waals surface area contributed by atoms with Gasteiger partial charge in [0.15, 0.2) is 0 Å². The molecule has 0 aliphatic rings. The van der Waals surface area contributed by atoms with E-state index < -0.39 is 0 Å². The van der Waals surface area contributed by atoms with Gasteiger partial charge < -0.3 is 14.2 Å². The molecule has 3 atom stereocenters. The van der Waals surface area contributed by atoms with E-state index in [9.17, 15) is 0 Å². The Morgan fingerprint density at radius 1 is 0.857 bits per heavy atom. The fraction of sp³-hybridized carbons (Fsp3) is 1.00. The van der Waals surface area contributed by atoms with Crippen molar-refractivity contribution in [3.05, 3.63) is 0 Å². The van der Waals surface area contributed by atoms with Gasteiger partial charge in [-0.3, -0.25) is 0 Å². The summed E-state index contributed by atoms with van der Waals surface area (Å²) in [6.07, 6.45) is 1.66. The Bertz CT molecular complexity index is 114. The monoisotopic (exact) mass is 204 g/mol. The molecule has 0 saturated heterocycles. The van der Waals surface area contributed by atoms with Crippen molar-refractivity contribution in [3.63, 3.8) is 0 Å². The largest absolute Gasteiger partial charge is 0.379 e. The van der Waals surface area contributed by atoms with Crippen molar-refractivity contribution in [2.75, 3.05) is 20.3 Å². The van der Waals surface area contributed by atoms with Crippen LogP contribution in [0, 0.1) is 0 Å². The molecular formula is C11H24O3. The van der Waals surface area contributed by atoms with Crippen molar-refractivity contribution in [1.29, 1.82) is 0 Å². The van der Waals surface area contributed by atoms with Crippen LogP contribution in [0.5, 0.6) is 0 Å². The van der Waals surface area contributed by atoms with E-state index in [0.29, 0.717) is 19.3 Å². The second kappa shape index (κ2) is 8.21. The molecule has 0 aliphatic carbocycles. The van der Waals surface area contributed by atoms with Crippen LogP contribution in [0.25, 0.3) is 0 Å². The number of rotatable bonds is 8. The summed E-state index contributed by atoms with van der Waals surface area (Å²) in [5.41, 5.74) is 0. The first-order valence-electron chi connectivity index (χ1n) is 5.36. The molecular weight excluding hydrogens is 180 g/mol. The first-order valence-corrected chi connectivity index (χ1v) is 5.36. The van der Waals surface area contributed by atoms with Gasteiger partial charge in [0.05, 0.1) is 31.5 Å². The third kappa shape index (κ3) is 7.30. The van der Waals surface area contributed by atoms with Gasteiger partial charge >= 0.3 is 0 Å². The van der Waals surface area contributed by atoms with E-state index in [4.69, 9.17) is 14.2 Å². The number of hydrogen-bond donors (Lipinski definition) is 0. The highest BCUT2D eigenvalue weighted by Crippen LogP contribution is 2.01. The average Bonchev–Trinajstić information content (AvgIpc) is 2.22. The number of ether oxygens (including phenoxy) is 3. The first kappa shape index (κ1) is 13.9. The van der Waals surface area contributed by atoms with Gasteiger partial charge in [-0.25, -0.2) is 0 Å². The van der Waals surface area contributed by atoms with Crippen LogP contribution >= 0.6 is 0 Å². The molecule has 0 aromatic rings. The molecule has 86 valence electrons. The lowest BCUT2D eigenvalue weighted by atomic mass is 10.3. The zero-order valence-corrected chi connectivity index (χ0v) is 10.1. The van der Waals surface area contributed by atoms with E-state index in [-0.39, 0.29) is 12.2 Å². The van der Waals surface area contributed by atoms with Gasteiger partial charge in [-0.2, -0.15) is 0 Å². The Morgan fingerprint density at radius 2 is 1.36 bits per heavy atom. The fourth-order valence-corrected chi connectivity index (χ4v) is 0.834. The maximum absolute atomic E-state index is 5.55. The molecule has 3 nitrogen and oxygen atoms in total. The average molecular weight is 204 g/mol. The van der Waals surface area contributed by atoms with Gasteiger partial charge in [0.1, 0.15) is 0 Å². The molecule has 0 radical (unpaired) electrons. The van der Waals surface area contributed by atoms with Crippen LogP contribution in [-0.2, 0) is 14.2 Å². The molecule has 0 N–H and O–H groups in total. The van der Waals surface area contributed by atoms with E-state index >= 15 is 0 Å². The lowest BCUT2D eigenvalue weighted by molar-refractivity contribution is -0.0603. The fourth-order valence-electron chi connectivity index (χ4n) is 0.834.